The second kappa shape index (κ2) is 8.05. The van der Waals surface area contributed by atoms with Crippen molar-refractivity contribution in [1.29, 1.82) is 0 Å². The first kappa shape index (κ1) is 22.6. The summed E-state index contributed by atoms with van der Waals surface area (Å²) in [4.78, 5) is 13.8. The quantitative estimate of drug-likeness (QED) is 0.433. The number of nitrogens with one attached hydrogen (secondary N) is 1. The van der Waals surface area contributed by atoms with E-state index in [1.54, 1.807) is 18.2 Å². The van der Waals surface area contributed by atoms with Crippen LogP contribution in [-0.2, 0) is 25.0 Å². The van der Waals surface area contributed by atoms with Crippen LogP contribution in [-0.4, -0.2) is 44.4 Å². The third-order valence-electron chi connectivity index (χ3n) is 4.80. The molecule has 3 N–H and O–H groups in total. The Morgan fingerprint density at radius 1 is 1.48 bits per heavy atom. The SMILES string of the molecule is Cc1ccc2c(c1)COP(=O)(OC[C@@]1(F)O[C@@H](n3cc(Cl)c(=O)[nH]c3=S)[C@H](O)[C@@H]1O)O2. The number of aryl methyl sites for hydroxylation is 1. The molecule has 0 radical (unpaired) electrons. The Morgan fingerprint density at radius 2 is 2.23 bits per heavy atom. The fourth-order valence-electron chi connectivity index (χ4n) is 3.18. The third-order valence-corrected chi connectivity index (χ3v) is 6.69. The van der Waals surface area contributed by atoms with Crippen LogP contribution in [0, 0.1) is 11.7 Å². The first-order valence-corrected chi connectivity index (χ1v) is 11.2. The Bertz CT molecular complexity index is 1190. The highest BCUT2D eigenvalue weighted by molar-refractivity contribution is 7.71. The van der Waals surface area contributed by atoms with Gasteiger partial charge in [0.2, 0.25) is 0 Å². The summed E-state index contributed by atoms with van der Waals surface area (Å²) in [6.45, 7) is 0.679. The van der Waals surface area contributed by atoms with Gasteiger partial charge in [-0.05, 0) is 25.2 Å². The van der Waals surface area contributed by atoms with Gasteiger partial charge in [0, 0.05) is 11.8 Å². The number of nitrogens with zero attached hydrogens (tertiary/aromatic N) is 1. The second-order valence-electron chi connectivity index (χ2n) is 7.07. The first-order chi connectivity index (χ1) is 14.5. The second-order valence-corrected chi connectivity index (χ2v) is 9.46. The zero-order valence-corrected chi connectivity index (χ0v) is 18.3. The third kappa shape index (κ3) is 4.22. The maximum atomic E-state index is 15.3. The minimum Gasteiger partial charge on any atom is -0.404 e. The molecule has 31 heavy (non-hydrogen) atoms. The smallest absolute Gasteiger partial charge is 0.404 e. The van der Waals surface area contributed by atoms with Gasteiger partial charge in [0.15, 0.2) is 11.0 Å². The summed E-state index contributed by atoms with van der Waals surface area (Å²) >= 11 is 10.7. The molecule has 3 heterocycles. The van der Waals surface area contributed by atoms with E-state index in [4.69, 9.17) is 42.1 Å². The molecule has 2 aliphatic rings. The highest BCUT2D eigenvalue weighted by Gasteiger charge is 2.57. The van der Waals surface area contributed by atoms with Crippen LogP contribution >= 0.6 is 31.6 Å². The summed E-state index contributed by atoms with van der Waals surface area (Å²) in [6.07, 6.45) is -4.45. The standard InChI is InChI=1S/C17H17ClFN2O8PS/c1-8-2-3-11-9(4-8)6-26-30(25,29-11)27-7-17(19)13(23)12(22)15(28-17)21-5-10(18)14(24)20-16(21)31/h2-5,12-13,15,22-23H,6-7H2,1H3,(H,20,24,31)/t12-,13+,15-,17-,30?/m1/s1. The van der Waals surface area contributed by atoms with Crippen molar-refractivity contribution in [3.05, 3.63) is 55.7 Å². The average molecular weight is 495 g/mol. The number of aliphatic hydroxyl groups excluding tert-OH is 2. The van der Waals surface area contributed by atoms with Crippen LogP contribution in [0.25, 0.3) is 0 Å². The largest absolute Gasteiger partial charge is 0.530 e. The van der Waals surface area contributed by atoms with Gasteiger partial charge in [0.05, 0.1) is 6.61 Å². The summed E-state index contributed by atoms with van der Waals surface area (Å²) < 4.78 is 49.4. The van der Waals surface area contributed by atoms with E-state index in [1.807, 2.05) is 6.92 Å². The van der Waals surface area contributed by atoms with E-state index in [2.05, 4.69) is 4.98 Å². The summed E-state index contributed by atoms with van der Waals surface area (Å²) in [5, 5.41) is 20.2. The molecule has 0 amide bonds. The van der Waals surface area contributed by atoms with Crippen LogP contribution in [0.15, 0.2) is 29.2 Å². The van der Waals surface area contributed by atoms with Gasteiger partial charge in [-0.25, -0.2) is 8.96 Å². The van der Waals surface area contributed by atoms with Crippen LogP contribution in [0.5, 0.6) is 5.75 Å². The molecule has 14 heteroatoms. The zero-order chi connectivity index (χ0) is 22.6. The number of fused-ring (bicyclic) bond motifs is 1. The summed E-state index contributed by atoms with van der Waals surface area (Å²) in [5.74, 6) is -2.74. The number of aliphatic hydroxyl groups is 2. The number of hydrogen-bond acceptors (Lipinski definition) is 9. The van der Waals surface area contributed by atoms with Crippen LogP contribution in [0.3, 0.4) is 0 Å². The Hall–Kier alpha value is -1.63. The van der Waals surface area contributed by atoms with E-state index >= 15 is 4.39 Å². The van der Waals surface area contributed by atoms with Crippen LogP contribution < -0.4 is 10.1 Å². The van der Waals surface area contributed by atoms with Crippen LogP contribution in [0.2, 0.25) is 5.02 Å². The molecule has 2 aliphatic heterocycles. The number of hydrogen-bond donors (Lipinski definition) is 3. The molecule has 0 saturated carbocycles. The van der Waals surface area contributed by atoms with Crippen molar-refractivity contribution in [2.45, 2.75) is 37.8 Å². The van der Waals surface area contributed by atoms with Crippen molar-refractivity contribution in [3.63, 3.8) is 0 Å². The summed E-state index contributed by atoms with van der Waals surface area (Å²) in [7, 11) is -4.23. The zero-order valence-electron chi connectivity index (χ0n) is 15.9. The molecule has 1 aromatic carbocycles. The lowest BCUT2D eigenvalue weighted by atomic mass is 10.1. The minimum atomic E-state index is -4.23. The maximum Gasteiger partial charge on any atom is 0.530 e. The van der Waals surface area contributed by atoms with Gasteiger partial charge in [-0.15, -0.1) is 0 Å². The lowest BCUT2D eigenvalue weighted by molar-refractivity contribution is -0.205. The maximum absolute atomic E-state index is 15.3. The molecule has 1 aromatic heterocycles. The van der Waals surface area contributed by atoms with Crippen LogP contribution in [0.4, 0.5) is 4.39 Å². The number of alkyl halides is 1. The van der Waals surface area contributed by atoms with E-state index in [1.165, 1.54) is 0 Å². The molecular weight excluding hydrogens is 478 g/mol. The van der Waals surface area contributed by atoms with Gasteiger partial charge >= 0.3 is 7.82 Å². The van der Waals surface area contributed by atoms with Crippen LogP contribution in [0.1, 0.15) is 17.4 Å². The van der Waals surface area contributed by atoms with Crippen molar-refractivity contribution >= 4 is 31.6 Å². The fourth-order valence-corrected chi connectivity index (χ4v) is 4.81. The molecule has 168 valence electrons. The van der Waals surface area contributed by atoms with E-state index in [0.29, 0.717) is 5.56 Å². The highest BCUT2D eigenvalue weighted by atomic mass is 35.5. The van der Waals surface area contributed by atoms with E-state index in [-0.39, 0.29) is 22.2 Å². The summed E-state index contributed by atoms with van der Waals surface area (Å²) in [6, 6.07) is 5.09. The number of aromatic nitrogens is 2. The number of benzene rings is 1. The predicted molar refractivity (Wildman–Crippen MR) is 107 cm³/mol. The van der Waals surface area contributed by atoms with Crippen molar-refractivity contribution in [1.82, 2.24) is 9.55 Å². The number of halogens is 2. The Labute approximate surface area is 184 Å². The number of phosphoric ester groups is 1. The monoisotopic (exact) mass is 494 g/mol. The van der Waals surface area contributed by atoms with E-state index in [0.717, 1.165) is 16.3 Å². The van der Waals surface area contributed by atoms with Crippen molar-refractivity contribution < 1.29 is 37.5 Å². The lowest BCUT2D eigenvalue weighted by Crippen LogP contribution is -2.43. The van der Waals surface area contributed by atoms with Crippen molar-refractivity contribution in [3.8, 4) is 5.75 Å². The Morgan fingerprint density at radius 3 is 2.97 bits per heavy atom. The Kier molecular flexibility index (Phi) is 5.86. The van der Waals surface area contributed by atoms with Gasteiger partial charge in [0.25, 0.3) is 11.4 Å². The topological polar surface area (TPSA) is 132 Å². The number of rotatable bonds is 4. The molecule has 2 aromatic rings. The normalized spacial score (nSPS) is 32.5. The van der Waals surface area contributed by atoms with E-state index in [9.17, 15) is 19.6 Å². The molecule has 0 bridgehead atoms. The molecule has 1 saturated heterocycles. The van der Waals surface area contributed by atoms with Gasteiger partial charge in [0.1, 0.15) is 29.6 Å². The molecule has 0 aliphatic carbocycles. The molecule has 5 atom stereocenters. The lowest BCUT2D eigenvalue weighted by Gasteiger charge is -2.28. The molecule has 1 unspecified atom stereocenters. The van der Waals surface area contributed by atoms with Gasteiger partial charge in [-0.2, -0.15) is 0 Å². The summed E-state index contributed by atoms with van der Waals surface area (Å²) in [5.41, 5.74) is 0.891. The van der Waals surface area contributed by atoms with Crippen molar-refractivity contribution in [2.75, 3.05) is 6.61 Å². The molecule has 4 rings (SSSR count). The molecule has 1 fully saturated rings. The van der Waals surface area contributed by atoms with Gasteiger partial charge < -0.3 is 19.5 Å². The van der Waals surface area contributed by atoms with Gasteiger partial charge in [-0.3, -0.25) is 23.4 Å². The number of H-pyrrole nitrogens is 1. The van der Waals surface area contributed by atoms with Gasteiger partial charge in [-0.1, -0.05) is 29.3 Å². The molecule has 10 nitrogen and oxygen atoms in total. The number of ether oxygens (including phenoxy) is 1. The average Bonchev–Trinajstić information content (AvgIpc) is 2.94. The minimum absolute atomic E-state index is 0.0900. The van der Waals surface area contributed by atoms with Crippen molar-refractivity contribution in [2.24, 2.45) is 0 Å². The van der Waals surface area contributed by atoms with E-state index < -0.39 is 44.3 Å². The Balaban J connectivity index is 1.52. The molecule has 0 spiro atoms. The first-order valence-electron chi connectivity index (χ1n) is 8.93. The molecular formula is C17H17ClFN2O8PS. The fraction of sp³-hybridized carbons (Fsp3) is 0.412. The number of phosphoric acid groups is 1. The number of aromatic amines is 1. The highest BCUT2D eigenvalue weighted by Crippen LogP contribution is 2.55. The predicted octanol–water partition coefficient (Wildman–Crippen LogP) is 2.52.